The van der Waals surface area contributed by atoms with Gasteiger partial charge in [0.15, 0.2) is 0 Å². The van der Waals surface area contributed by atoms with Gasteiger partial charge in [-0.05, 0) is 19.1 Å². The van der Waals surface area contributed by atoms with Crippen molar-refractivity contribution in [2.45, 2.75) is 37.7 Å². The van der Waals surface area contributed by atoms with Crippen LogP contribution in [-0.4, -0.2) is 70.5 Å². The van der Waals surface area contributed by atoms with Crippen molar-refractivity contribution in [2.75, 3.05) is 39.5 Å². The number of carbonyl (C=O) groups is 1. The van der Waals surface area contributed by atoms with Crippen molar-refractivity contribution in [1.29, 1.82) is 0 Å². The van der Waals surface area contributed by atoms with Crippen molar-refractivity contribution < 1.29 is 19.7 Å². The average Bonchev–Trinajstić information content (AvgIpc) is 2.25. The van der Waals surface area contributed by atoms with Crippen LogP contribution in [0.3, 0.4) is 0 Å². The van der Waals surface area contributed by atoms with Crippen LogP contribution in [0.4, 0.5) is 0 Å². The van der Waals surface area contributed by atoms with Crippen LogP contribution >= 0.6 is 11.8 Å². The molecule has 0 fully saturated rings. The molecule has 0 aromatic carbocycles. The number of ether oxygens (including phenoxy) is 1. The first-order chi connectivity index (χ1) is 8.80. The van der Waals surface area contributed by atoms with Gasteiger partial charge in [-0.25, -0.2) is 0 Å². The molecule has 0 atom stereocenters. The Balaban J connectivity index is 4.08. The highest BCUT2D eigenvalue weighted by Crippen LogP contribution is 2.28. The van der Waals surface area contributed by atoms with Crippen LogP contribution in [0.2, 0.25) is 0 Å². The second-order valence-corrected chi connectivity index (χ2v) is 7.59. The summed E-state index contributed by atoms with van der Waals surface area (Å²) in [5, 5.41) is 18.2. The summed E-state index contributed by atoms with van der Waals surface area (Å²) in [5.41, 5.74) is 0. The summed E-state index contributed by atoms with van der Waals surface area (Å²) >= 11 is 1.77. The van der Waals surface area contributed by atoms with Crippen molar-refractivity contribution in [3.05, 3.63) is 0 Å². The van der Waals surface area contributed by atoms with Crippen molar-refractivity contribution in [1.82, 2.24) is 4.90 Å². The monoisotopic (exact) mass is 293 g/mol. The van der Waals surface area contributed by atoms with E-state index in [1.807, 2.05) is 13.8 Å². The zero-order valence-electron chi connectivity index (χ0n) is 12.4. The number of hydrogen-bond acceptors (Lipinski definition) is 6. The van der Waals surface area contributed by atoms with E-state index >= 15 is 0 Å². The molecule has 0 bridgehead atoms. The van der Waals surface area contributed by atoms with Crippen LogP contribution in [0.25, 0.3) is 0 Å². The van der Waals surface area contributed by atoms with Gasteiger partial charge in [-0.2, -0.15) is 0 Å². The summed E-state index contributed by atoms with van der Waals surface area (Å²) in [5.74, 6) is -0.320. The second kappa shape index (κ2) is 9.58. The zero-order chi connectivity index (χ0) is 14.9. The fourth-order valence-electron chi connectivity index (χ4n) is 1.71. The molecular weight excluding hydrogens is 266 g/mol. The predicted molar refractivity (Wildman–Crippen MR) is 78.4 cm³/mol. The minimum Gasteiger partial charge on any atom is -0.463 e. The van der Waals surface area contributed by atoms with Gasteiger partial charge >= 0.3 is 5.97 Å². The lowest BCUT2D eigenvalue weighted by molar-refractivity contribution is -0.145. The highest BCUT2D eigenvalue weighted by Gasteiger charge is 2.23. The SMILES string of the molecule is CC(C)SC(C)(C)COC(=O)CN(CCO)CCO. The Morgan fingerprint density at radius 1 is 1.26 bits per heavy atom. The Morgan fingerprint density at radius 2 is 1.79 bits per heavy atom. The van der Waals surface area contributed by atoms with Gasteiger partial charge in [0, 0.05) is 17.8 Å². The van der Waals surface area contributed by atoms with Gasteiger partial charge in [0.1, 0.15) is 6.61 Å². The van der Waals surface area contributed by atoms with E-state index in [-0.39, 0.29) is 30.5 Å². The maximum atomic E-state index is 11.7. The summed E-state index contributed by atoms with van der Waals surface area (Å²) in [6.07, 6.45) is 0. The van der Waals surface area contributed by atoms with Gasteiger partial charge < -0.3 is 14.9 Å². The zero-order valence-corrected chi connectivity index (χ0v) is 13.2. The number of aliphatic hydroxyl groups excluding tert-OH is 2. The van der Waals surface area contributed by atoms with Crippen LogP contribution < -0.4 is 0 Å². The van der Waals surface area contributed by atoms with E-state index in [4.69, 9.17) is 14.9 Å². The van der Waals surface area contributed by atoms with Crippen molar-refractivity contribution in [3.8, 4) is 0 Å². The fraction of sp³-hybridized carbons (Fsp3) is 0.923. The van der Waals surface area contributed by atoms with Gasteiger partial charge in [0.2, 0.25) is 0 Å². The molecule has 0 aliphatic carbocycles. The average molecular weight is 293 g/mol. The molecule has 0 spiro atoms. The predicted octanol–water partition coefficient (Wildman–Crippen LogP) is 0.736. The largest absolute Gasteiger partial charge is 0.463 e. The Bertz CT molecular complexity index is 253. The lowest BCUT2D eigenvalue weighted by Gasteiger charge is -2.26. The maximum Gasteiger partial charge on any atom is 0.320 e. The van der Waals surface area contributed by atoms with Crippen molar-refractivity contribution in [2.24, 2.45) is 0 Å². The molecule has 19 heavy (non-hydrogen) atoms. The van der Waals surface area contributed by atoms with E-state index < -0.39 is 0 Å². The summed E-state index contributed by atoms with van der Waals surface area (Å²) in [4.78, 5) is 13.4. The molecule has 6 heteroatoms. The van der Waals surface area contributed by atoms with Crippen LogP contribution in [0.15, 0.2) is 0 Å². The Hall–Kier alpha value is -0.300. The summed E-state index contributed by atoms with van der Waals surface area (Å²) in [6, 6.07) is 0. The normalized spacial score (nSPS) is 12.2. The standard InChI is InChI=1S/C13H27NO4S/c1-11(2)19-13(3,4)10-18-12(17)9-14(5-7-15)6-8-16/h11,15-16H,5-10H2,1-4H3. The number of esters is 1. The van der Waals surface area contributed by atoms with E-state index in [0.29, 0.717) is 24.9 Å². The van der Waals surface area contributed by atoms with E-state index in [9.17, 15) is 4.79 Å². The van der Waals surface area contributed by atoms with Gasteiger partial charge in [0.25, 0.3) is 0 Å². The molecule has 0 amide bonds. The summed E-state index contributed by atoms with van der Waals surface area (Å²) < 4.78 is 5.16. The number of carbonyl (C=O) groups excluding carboxylic acids is 1. The van der Waals surface area contributed by atoms with Crippen molar-refractivity contribution in [3.63, 3.8) is 0 Å². The van der Waals surface area contributed by atoms with E-state index in [0.717, 1.165) is 0 Å². The molecule has 2 N–H and O–H groups in total. The Kier molecular flexibility index (Phi) is 9.43. The molecule has 0 aromatic rings. The van der Waals surface area contributed by atoms with Crippen LogP contribution in [0.5, 0.6) is 0 Å². The Labute approximate surface area is 120 Å². The third-order valence-corrected chi connectivity index (χ3v) is 3.55. The lowest BCUT2D eigenvalue weighted by atomic mass is 10.2. The minimum absolute atomic E-state index is 0.0397. The fourth-order valence-corrected chi connectivity index (χ4v) is 3.11. The third-order valence-electron chi connectivity index (χ3n) is 2.32. The van der Waals surface area contributed by atoms with E-state index in [2.05, 4.69) is 13.8 Å². The number of nitrogens with zero attached hydrogens (tertiary/aromatic N) is 1. The molecule has 0 saturated heterocycles. The van der Waals surface area contributed by atoms with Gasteiger partial charge in [-0.3, -0.25) is 9.69 Å². The molecule has 0 rings (SSSR count). The van der Waals surface area contributed by atoms with Crippen LogP contribution in [0, 0.1) is 0 Å². The highest BCUT2D eigenvalue weighted by molar-refractivity contribution is 8.01. The maximum absolute atomic E-state index is 11.7. The summed E-state index contributed by atoms with van der Waals surface area (Å²) in [7, 11) is 0. The molecular formula is C13H27NO4S. The van der Waals surface area contributed by atoms with Crippen LogP contribution in [-0.2, 0) is 9.53 Å². The molecule has 0 aliphatic rings. The van der Waals surface area contributed by atoms with Crippen LogP contribution in [0.1, 0.15) is 27.7 Å². The first-order valence-electron chi connectivity index (χ1n) is 6.58. The Morgan fingerprint density at radius 3 is 2.21 bits per heavy atom. The smallest absolute Gasteiger partial charge is 0.320 e. The van der Waals surface area contributed by atoms with Crippen molar-refractivity contribution >= 4 is 17.7 Å². The lowest BCUT2D eigenvalue weighted by Crippen LogP contribution is -2.37. The van der Waals surface area contributed by atoms with Gasteiger partial charge in [-0.1, -0.05) is 13.8 Å². The molecule has 0 heterocycles. The molecule has 0 radical (unpaired) electrons. The molecule has 0 unspecified atom stereocenters. The number of aliphatic hydroxyl groups is 2. The first kappa shape index (κ1) is 18.7. The molecule has 0 aliphatic heterocycles. The van der Waals surface area contributed by atoms with Gasteiger partial charge in [0.05, 0.1) is 19.8 Å². The first-order valence-corrected chi connectivity index (χ1v) is 7.46. The molecule has 0 aromatic heterocycles. The molecule has 5 nitrogen and oxygen atoms in total. The van der Waals surface area contributed by atoms with E-state index in [1.165, 1.54) is 0 Å². The number of rotatable bonds is 10. The summed E-state index contributed by atoms with van der Waals surface area (Å²) in [6.45, 7) is 9.42. The highest BCUT2D eigenvalue weighted by atomic mass is 32.2. The number of thioether (sulfide) groups is 1. The molecule has 114 valence electrons. The topological polar surface area (TPSA) is 70.0 Å². The van der Waals surface area contributed by atoms with Gasteiger partial charge in [-0.15, -0.1) is 11.8 Å². The number of hydrogen-bond donors (Lipinski definition) is 2. The minimum atomic E-state index is -0.320. The molecule has 0 saturated carbocycles. The second-order valence-electron chi connectivity index (χ2n) is 5.31. The van der Waals surface area contributed by atoms with E-state index in [1.54, 1.807) is 16.7 Å². The quantitative estimate of drug-likeness (QED) is 0.579. The third kappa shape index (κ3) is 10.2.